The van der Waals surface area contributed by atoms with Gasteiger partial charge in [0.05, 0.1) is 25.4 Å². The van der Waals surface area contributed by atoms with Gasteiger partial charge in [0.25, 0.3) is 5.91 Å². The molecule has 1 aromatic carbocycles. The summed E-state index contributed by atoms with van der Waals surface area (Å²) in [5.74, 6) is 0.808. The maximum atomic E-state index is 12.2. The van der Waals surface area contributed by atoms with E-state index in [1.165, 1.54) is 0 Å². The second-order valence-electron chi connectivity index (χ2n) is 5.10. The Kier molecular flexibility index (Phi) is 7.57. The molecule has 2 aromatic rings. The number of aromatic nitrogens is 2. The van der Waals surface area contributed by atoms with Crippen molar-refractivity contribution in [3.8, 4) is 5.75 Å². The highest BCUT2D eigenvalue weighted by Gasteiger charge is 2.13. The molecule has 2 rings (SSSR count). The van der Waals surface area contributed by atoms with Gasteiger partial charge in [-0.15, -0.1) is 12.4 Å². The zero-order chi connectivity index (χ0) is 15.9. The van der Waals surface area contributed by atoms with Crippen molar-refractivity contribution in [2.45, 2.75) is 6.54 Å². The van der Waals surface area contributed by atoms with Crippen LogP contribution in [0.25, 0.3) is 0 Å². The largest absolute Gasteiger partial charge is 0.497 e. The van der Waals surface area contributed by atoms with E-state index in [1.807, 2.05) is 31.3 Å². The minimum atomic E-state index is -0.0174. The smallest absolute Gasteiger partial charge is 0.256 e. The number of nitrogens with zero attached hydrogens (tertiary/aromatic N) is 3. The Morgan fingerprint density at radius 1 is 1.35 bits per heavy atom. The SMILES string of the molecule is CNCCN(C)C(=O)c1cnn(Cc2ccc(OC)cc2)c1.Cl. The van der Waals surface area contributed by atoms with Crippen LogP contribution >= 0.6 is 12.4 Å². The van der Waals surface area contributed by atoms with Crippen molar-refractivity contribution in [1.82, 2.24) is 20.0 Å². The number of halogens is 1. The standard InChI is InChI=1S/C16H22N4O2.ClH/c1-17-8-9-19(2)16(21)14-10-18-20(12-14)11-13-4-6-15(22-3)7-5-13;/h4-7,10,12,17H,8-9,11H2,1-3H3;1H. The molecule has 1 aromatic heterocycles. The number of ether oxygens (including phenoxy) is 1. The van der Waals surface area contributed by atoms with Crippen LogP contribution in [0.1, 0.15) is 15.9 Å². The highest BCUT2D eigenvalue weighted by Crippen LogP contribution is 2.12. The number of hydrogen-bond donors (Lipinski definition) is 1. The van der Waals surface area contributed by atoms with Crippen LogP contribution in [0.15, 0.2) is 36.7 Å². The molecule has 0 atom stereocenters. The maximum Gasteiger partial charge on any atom is 0.256 e. The monoisotopic (exact) mass is 338 g/mol. The molecule has 23 heavy (non-hydrogen) atoms. The van der Waals surface area contributed by atoms with Gasteiger partial charge in [-0.1, -0.05) is 12.1 Å². The van der Waals surface area contributed by atoms with Gasteiger partial charge >= 0.3 is 0 Å². The van der Waals surface area contributed by atoms with Gasteiger partial charge in [0.15, 0.2) is 0 Å². The molecule has 1 heterocycles. The lowest BCUT2D eigenvalue weighted by atomic mass is 10.2. The van der Waals surface area contributed by atoms with Crippen molar-refractivity contribution < 1.29 is 9.53 Å². The number of nitrogens with one attached hydrogen (secondary N) is 1. The predicted molar refractivity (Wildman–Crippen MR) is 92.5 cm³/mol. The van der Waals surface area contributed by atoms with E-state index < -0.39 is 0 Å². The summed E-state index contributed by atoms with van der Waals surface area (Å²) in [6.07, 6.45) is 3.39. The van der Waals surface area contributed by atoms with Crippen LogP contribution in [0.3, 0.4) is 0 Å². The topological polar surface area (TPSA) is 59.4 Å². The summed E-state index contributed by atoms with van der Waals surface area (Å²) in [5, 5.41) is 7.29. The van der Waals surface area contributed by atoms with Gasteiger partial charge in [0, 0.05) is 26.3 Å². The van der Waals surface area contributed by atoms with E-state index in [0.717, 1.165) is 17.9 Å². The molecule has 0 fully saturated rings. The molecule has 0 radical (unpaired) electrons. The number of methoxy groups -OCH3 is 1. The maximum absolute atomic E-state index is 12.2. The van der Waals surface area contributed by atoms with Crippen molar-refractivity contribution in [3.05, 3.63) is 47.8 Å². The fraction of sp³-hybridized carbons (Fsp3) is 0.375. The lowest BCUT2D eigenvalue weighted by Crippen LogP contribution is -2.32. The van der Waals surface area contributed by atoms with Gasteiger partial charge in [0.1, 0.15) is 5.75 Å². The third-order valence-electron chi connectivity index (χ3n) is 3.43. The normalized spacial score (nSPS) is 10.0. The molecular weight excluding hydrogens is 316 g/mol. The number of amides is 1. The summed E-state index contributed by atoms with van der Waals surface area (Å²) >= 11 is 0. The van der Waals surface area contributed by atoms with Gasteiger partial charge < -0.3 is 15.0 Å². The van der Waals surface area contributed by atoms with E-state index in [0.29, 0.717) is 18.7 Å². The van der Waals surface area contributed by atoms with Crippen molar-refractivity contribution in [2.24, 2.45) is 0 Å². The van der Waals surface area contributed by atoms with Crippen LogP contribution in [0.4, 0.5) is 0 Å². The molecule has 6 nitrogen and oxygen atoms in total. The average molecular weight is 339 g/mol. The summed E-state index contributed by atoms with van der Waals surface area (Å²) in [4.78, 5) is 13.9. The molecule has 0 saturated heterocycles. The Morgan fingerprint density at radius 2 is 2.04 bits per heavy atom. The molecule has 1 amide bonds. The van der Waals surface area contributed by atoms with Gasteiger partial charge in [0.2, 0.25) is 0 Å². The average Bonchev–Trinajstić information content (AvgIpc) is 3.01. The summed E-state index contributed by atoms with van der Waals surface area (Å²) < 4.78 is 6.90. The number of benzene rings is 1. The number of rotatable bonds is 7. The molecule has 0 unspecified atom stereocenters. The van der Waals surface area contributed by atoms with Crippen LogP contribution < -0.4 is 10.1 Å². The predicted octanol–water partition coefficient (Wildman–Crippen LogP) is 1.65. The third kappa shape index (κ3) is 5.26. The zero-order valence-corrected chi connectivity index (χ0v) is 14.5. The molecule has 0 bridgehead atoms. The highest BCUT2D eigenvalue weighted by atomic mass is 35.5. The van der Waals surface area contributed by atoms with E-state index in [9.17, 15) is 4.79 Å². The fourth-order valence-electron chi connectivity index (χ4n) is 2.08. The fourth-order valence-corrected chi connectivity index (χ4v) is 2.08. The molecular formula is C16H23ClN4O2. The number of carbonyl (C=O) groups is 1. The molecule has 7 heteroatoms. The van der Waals surface area contributed by atoms with E-state index in [1.54, 1.807) is 36.1 Å². The number of hydrogen-bond acceptors (Lipinski definition) is 4. The second kappa shape index (κ2) is 9.17. The van der Waals surface area contributed by atoms with Crippen molar-refractivity contribution in [3.63, 3.8) is 0 Å². The van der Waals surface area contributed by atoms with E-state index in [2.05, 4.69) is 10.4 Å². The summed E-state index contributed by atoms with van der Waals surface area (Å²) in [6, 6.07) is 7.80. The molecule has 0 aliphatic heterocycles. The van der Waals surface area contributed by atoms with Crippen LogP contribution in [-0.2, 0) is 6.54 Å². The van der Waals surface area contributed by atoms with E-state index in [4.69, 9.17) is 4.74 Å². The van der Waals surface area contributed by atoms with Crippen LogP contribution in [0.2, 0.25) is 0 Å². The van der Waals surface area contributed by atoms with Crippen LogP contribution in [0, 0.1) is 0 Å². The van der Waals surface area contributed by atoms with Crippen LogP contribution in [-0.4, -0.2) is 54.9 Å². The highest BCUT2D eigenvalue weighted by molar-refractivity contribution is 5.93. The third-order valence-corrected chi connectivity index (χ3v) is 3.43. The lowest BCUT2D eigenvalue weighted by Gasteiger charge is -2.15. The number of likely N-dealkylation sites (N-methyl/N-ethyl adjacent to an activating group) is 2. The van der Waals surface area contributed by atoms with Gasteiger partial charge in [-0.25, -0.2) is 0 Å². The zero-order valence-electron chi connectivity index (χ0n) is 13.7. The first-order valence-corrected chi connectivity index (χ1v) is 7.19. The second-order valence-corrected chi connectivity index (χ2v) is 5.10. The van der Waals surface area contributed by atoms with Crippen molar-refractivity contribution in [2.75, 3.05) is 34.3 Å². The quantitative estimate of drug-likeness (QED) is 0.834. The summed E-state index contributed by atoms with van der Waals surface area (Å²) in [7, 11) is 5.30. The van der Waals surface area contributed by atoms with Crippen molar-refractivity contribution in [1.29, 1.82) is 0 Å². The van der Waals surface area contributed by atoms with Crippen molar-refractivity contribution >= 4 is 18.3 Å². The summed E-state index contributed by atoms with van der Waals surface area (Å²) in [5.41, 5.74) is 1.71. The van der Waals surface area contributed by atoms with Crippen LogP contribution in [0.5, 0.6) is 5.75 Å². The molecule has 0 aliphatic carbocycles. The Bertz CT molecular complexity index is 613. The minimum Gasteiger partial charge on any atom is -0.497 e. The van der Waals surface area contributed by atoms with Gasteiger partial charge in [-0.2, -0.15) is 5.10 Å². The first-order chi connectivity index (χ1) is 10.6. The van der Waals surface area contributed by atoms with E-state index in [-0.39, 0.29) is 18.3 Å². The van der Waals surface area contributed by atoms with E-state index >= 15 is 0 Å². The van der Waals surface area contributed by atoms with Gasteiger partial charge in [-0.3, -0.25) is 9.48 Å². The Hall–Kier alpha value is -2.05. The molecule has 0 saturated carbocycles. The molecule has 0 aliphatic rings. The Labute approximate surface area is 142 Å². The Balaban J connectivity index is 0.00000264. The minimum absolute atomic E-state index is 0. The molecule has 1 N–H and O–H groups in total. The molecule has 0 spiro atoms. The summed E-state index contributed by atoms with van der Waals surface area (Å²) in [6.45, 7) is 2.05. The number of carbonyl (C=O) groups excluding carboxylic acids is 1. The first kappa shape index (κ1) is 19.0. The first-order valence-electron chi connectivity index (χ1n) is 7.19. The Morgan fingerprint density at radius 3 is 2.65 bits per heavy atom. The lowest BCUT2D eigenvalue weighted by molar-refractivity contribution is 0.0797. The molecule has 126 valence electrons. The van der Waals surface area contributed by atoms with Gasteiger partial charge in [-0.05, 0) is 24.7 Å².